The van der Waals surface area contributed by atoms with Crippen LogP contribution in [0.2, 0.25) is 0 Å². The first kappa shape index (κ1) is 13.0. The van der Waals surface area contributed by atoms with Crippen molar-refractivity contribution < 1.29 is 9.59 Å². The van der Waals surface area contributed by atoms with E-state index in [1.807, 2.05) is 19.2 Å². The normalized spacial score (nSPS) is 21.9. The fourth-order valence-electron chi connectivity index (χ4n) is 2.33. The summed E-state index contributed by atoms with van der Waals surface area (Å²) in [4.78, 5) is 29.9. The predicted octanol–water partition coefficient (Wildman–Crippen LogP) is 1.33. The highest BCUT2D eigenvalue weighted by atomic mass is 32.1. The van der Waals surface area contributed by atoms with Crippen molar-refractivity contribution in [3.63, 3.8) is 0 Å². The van der Waals surface area contributed by atoms with Gasteiger partial charge in [-0.25, -0.2) is 4.98 Å². The average Bonchev–Trinajstić information content (AvgIpc) is 2.88. The van der Waals surface area contributed by atoms with Crippen LogP contribution in [0.1, 0.15) is 37.7 Å². The van der Waals surface area contributed by atoms with Gasteiger partial charge < -0.3 is 10.2 Å². The van der Waals surface area contributed by atoms with Gasteiger partial charge in [-0.3, -0.25) is 9.59 Å². The van der Waals surface area contributed by atoms with Gasteiger partial charge in [-0.05, 0) is 12.8 Å². The lowest BCUT2D eigenvalue weighted by atomic mass is 10.0. The van der Waals surface area contributed by atoms with Gasteiger partial charge in [0.2, 0.25) is 11.8 Å². The summed E-state index contributed by atoms with van der Waals surface area (Å²) in [6.45, 7) is 4.03. The molecule has 2 heterocycles. The van der Waals surface area contributed by atoms with Crippen molar-refractivity contribution in [2.75, 3.05) is 6.54 Å². The zero-order valence-corrected chi connectivity index (χ0v) is 11.4. The Balaban J connectivity index is 2.31. The van der Waals surface area contributed by atoms with Crippen LogP contribution in [0.5, 0.6) is 0 Å². The van der Waals surface area contributed by atoms with Gasteiger partial charge in [-0.15, -0.1) is 11.3 Å². The number of carbonyl (C=O) groups is 2. The minimum atomic E-state index is -0.375. The third-order valence-corrected chi connectivity index (χ3v) is 4.06. The Morgan fingerprint density at radius 3 is 2.89 bits per heavy atom. The second kappa shape index (κ2) is 5.48. The van der Waals surface area contributed by atoms with Crippen molar-refractivity contribution >= 4 is 23.2 Å². The molecule has 1 aliphatic rings. The topological polar surface area (TPSA) is 62.3 Å². The highest BCUT2D eigenvalue weighted by Gasteiger charge is 2.38. The SMILES string of the molecule is CCC1C(=O)NCC(=O)N1C(CC)c1nccs1. The smallest absolute Gasteiger partial charge is 0.243 e. The maximum absolute atomic E-state index is 12.1. The fourth-order valence-corrected chi connectivity index (χ4v) is 3.15. The molecule has 0 radical (unpaired) electrons. The van der Waals surface area contributed by atoms with E-state index >= 15 is 0 Å². The van der Waals surface area contributed by atoms with Crippen LogP contribution in [0.25, 0.3) is 0 Å². The first-order valence-corrected chi connectivity index (χ1v) is 7.05. The lowest BCUT2D eigenvalue weighted by Gasteiger charge is -2.39. The Kier molecular flexibility index (Phi) is 3.96. The summed E-state index contributed by atoms with van der Waals surface area (Å²) in [5, 5.41) is 5.44. The van der Waals surface area contributed by atoms with Crippen LogP contribution in [0, 0.1) is 0 Å². The van der Waals surface area contributed by atoms with Crippen molar-refractivity contribution in [1.82, 2.24) is 15.2 Å². The van der Waals surface area contributed by atoms with E-state index in [9.17, 15) is 9.59 Å². The summed E-state index contributed by atoms with van der Waals surface area (Å²) in [5.41, 5.74) is 0. The lowest BCUT2D eigenvalue weighted by molar-refractivity contribution is -0.148. The Labute approximate surface area is 110 Å². The van der Waals surface area contributed by atoms with E-state index in [2.05, 4.69) is 10.3 Å². The maximum atomic E-state index is 12.1. The van der Waals surface area contributed by atoms with Crippen molar-refractivity contribution in [2.24, 2.45) is 0 Å². The number of thiazole rings is 1. The molecule has 98 valence electrons. The Hall–Kier alpha value is -1.43. The molecule has 1 saturated heterocycles. The van der Waals surface area contributed by atoms with Crippen LogP contribution in [0.15, 0.2) is 11.6 Å². The van der Waals surface area contributed by atoms with Gasteiger partial charge >= 0.3 is 0 Å². The second-order valence-corrected chi connectivity index (χ2v) is 5.16. The monoisotopic (exact) mass is 267 g/mol. The summed E-state index contributed by atoms with van der Waals surface area (Å²) in [6, 6.07) is -0.464. The minimum absolute atomic E-state index is 0.0245. The van der Waals surface area contributed by atoms with Gasteiger partial charge in [-0.2, -0.15) is 0 Å². The Morgan fingerprint density at radius 1 is 1.56 bits per heavy atom. The van der Waals surface area contributed by atoms with Gasteiger partial charge in [-0.1, -0.05) is 13.8 Å². The molecule has 0 bridgehead atoms. The van der Waals surface area contributed by atoms with Crippen LogP contribution in [0.4, 0.5) is 0 Å². The van der Waals surface area contributed by atoms with Gasteiger partial charge in [0.15, 0.2) is 0 Å². The number of nitrogens with zero attached hydrogens (tertiary/aromatic N) is 2. The third-order valence-electron chi connectivity index (χ3n) is 3.19. The van der Waals surface area contributed by atoms with Crippen LogP contribution in [-0.2, 0) is 9.59 Å². The molecule has 18 heavy (non-hydrogen) atoms. The van der Waals surface area contributed by atoms with Crippen molar-refractivity contribution in [3.8, 4) is 0 Å². The largest absolute Gasteiger partial charge is 0.345 e. The van der Waals surface area contributed by atoms with Gasteiger partial charge in [0, 0.05) is 11.6 Å². The van der Waals surface area contributed by atoms with E-state index in [0.29, 0.717) is 6.42 Å². The lowest BCUT2D eigenvalue weighted by Crippen LogP contribution is -2.58. The summed E-state index contributed by atoms with van der Waals surface area (Å²) >= 11 is 1.53. The standard InChI is InChI=1S/C12H17N3O2S/c1-3-8-11(17)14-7-10(16)15(8)9(4-2)12-13-5-6-18-12/h5-6,8-9H,3-4,7H2,1-2H3,(H,14,17). The van der Waals surface area contributed by atoms with E-state index in [4.69, 9.17) is 0 Å². The Morgan fingerprint density at radius 2 is 2.33 bits per heavy atom. The number of carbonyl (C=O) groups excluding carboxylic acids is 2. The van der Waals surface area contributed by atoms with E-state index < -0.39 is 0 Å². The molecule has 5 nitrogen and oxygen atoms in total. The first-order valence-electron chi connectivity index (χ1n) is 6.17. The molecule has 2 rings (SSSR count). The highest BCUT2D eigenvalue weighted by molar-refractivity contribution is 7.09. The first-order chi connectivity index (χ1) is 8.69. The van der Waals surface area contributed by atoms with Crippen molar-refractivity contribution in [1.29, 1.82) is 0 Å². The van der Waals surface area contributed by atoms with Crippen LogP contribution < -0.4 is 5.32 Å². The molecule has 1 fully saturated rings. The summed E-state index contributed by atoms with van der Waals surface area (Å²) in [5.74, 6) is -0.0874. The number of hydrogen-bond donors (Lipinski definition) is 1. The molecule has 2 unspecified atom stereocenters. The number of nitrogens with one attached hydrogen (secondary N) is 1. The van der Waals surface area contributed by atoms with E-state index in [0.717, 1.165) is 11.4 Å². The molecule has 1 aromatic heterocycles. The molecule has 2 atom stereocenters. The number of piperazine rings is 1. The molecule has 0 spiro atoms. The number of aromatic nitrogens is 1. The fraction of sp³-hybridized carbons (Fsp3) is 0.583. The molecule has 0 aliphatic carbocycles. The van der Waals surface area contributed by atoms with E-state index in [-0.39, 0.29) is 30.4 Å². The molecule has 1 aliphatic heterocycles. The maximum Gasteiger partial charge on any atom is 0.243 e. The number of rotatable bonds is 4. The minimum Gasteiger partial charge on any atom is -0.345 e. The van der Waals surface area contributed by atoms with Gasteiger partial charge in [0.1, 0.15) is 11.0 Å². The molecule has 2 amide bonds. The Bertz CT molecular complexity index is 433. The molecule has 1 N–H and O–H groups in total. The molecular weight excluding hydrogens is 250 g/mol. The van der Waals surface area contributed by atoms with Crippen molar-refractivity contribution in [2.45, 2.75) is 38.8 Å². The van der Waals surface area contributed by atoms with E-state index in [1.54, 1.807) is 11.1 Å². The molecule has 6 heteroatoms. The second-order valence-electron chi connectivity index (χ2n) is 4.24. The quantitative estimate of drug-likeness (QED) is 0.895. The predicted molar refractivity (Wildman–Crippen MR) is 69.1 cm³/mol. The zero-order valence-electron chi connectivity index (χ0n) is 10.5. The zero-order chi connectivity index (χ0) is 13.1. The van der Waals surface area contributed by atoms with Gasteiger partial charge in [0.25, 0.3) is 0 Å². The van der Waals surface area contributed by atoms with Crippen LogP contribution in [0.3, 0.4) is 0 Å². The average molecular weight is 267 g/mol. The summed E-state index contributed by atoms with van der Waals surface area (Å²) in [6.07, 6.45) is 3.13. The number of amides is 2. The van der Waals surface area contributed by atoms with E-state index in [1.165, 1.54) is 11.3 Å². The van der Waals surface area contributed by atoms with Crippen LogP contribution in [-0.4, -0.2) is 34.3 Å². The third kappa shape index (κ3) is 2.25. The number of hydrogen-bond acceptors (Lipinski definition) is 4. The molecule has 0 saturated carbocycles. The summed E-state index contributed by atoms with van der Waals surface area (Å²) in [7, 11) is 0. The molecule has 1 aromatic rings. The van der Waals surface area contributed by atoms with Gasteiger partial charge in [0.05, 0.1) is 12.6 Å². The summed E-state index contributed by atoms with van der Waals surface area (Å²) < 4.78 is 0. The van der Waals surface area contributed by atoms with Crippen molar-refractivity contribution in [3.05, 3.63) is 16.6 Å². The molecular formula is C12H17N3O2S. The molecule has 0 aromatic carbocycles. The highest BCUT2D eigenvalue weighted by Crippen LogP contribution is 2.29. The van der Waals surface area contributed by atoms with Crippen LogP contribution >= 0.6 is 11.3 Å².